The zero-order valence-electron chi connectivity index (χ0n) is 5.37. The zero-order valence-corrected chi connectivity index (χ0v) is 6.94. The Labute approximate surface area is 69.8 Å². The molecule has 0 aliphatic heterocycles. The van der Waals surface area contributed by atoms with Gasteiger partial charge in [-0.15, -0.1) is 11.3 Å². The van der Waals surface area contributed by atoms with E-state index in [1.165, 1.54) is 6.92 Å². The van der Waals surface area contributed by atoms with Gasteiger partial charge >= 0.3 is 6.18 Å². The van der Waals surface area contributed by atoms with Crippen molar-refractivity contribution in [1.82, 2.24) is 4.98 Å². The molecule has 0 radical (unpaired) electrons. The summed E-state index contributed by atoms with van der Waals surface area (Å²) in [5.41, 5.74) is 0. The molecule has 0 bridgehead atoms. The van der Waals surface area contributed by atoms with E-state index in [4.69, 9.17) is 11.6 Å². The van der Waals surface area contributed by atoms with E-state index < -0.39 is 16.2 Å². The predicted molar refractivity (Wildman–Crippen MR) is 36.9 cm³/mol. The molecule has 62 valence electrons. The lowest BCUT2D eigenvalue weighted by molar-refractivity contribution is -0.134. The van der Waals surface area contributed by atoms with E-state index in [9.17, 15) is 13.2 Å². The molecule has 1 aromatic rings. The molecule has 11 heavy (non-hydrogen) atoms. The Morgan fingerprint density at radius 1 is 1.45 bits per heavy atom. The SMILES string of the molecule is Cc1nc(Cl)c(C(F)(F)F)s1. The van der Waals surface area contributed by atoms with E-state index in [1.807, 2.05) is 0 Å². The van der Waals surface area contributed by atoms with Crippen molar-refractivity contribution in [2.75, 3.05) is 0 Å². The minimum Gasteiger partial charge on any atom is -0.229 e. The van der Waals surface area contributed by atoms with Crippen LogP contribution in [0.25, 0.3) is 0 Å². The number of hydrogen-bond acceptors (Lipinski definition) is 2. The van der Waals surface area contributed by atoms with E-state index in [0.717, 1.165) is 0 Å². The molecule has 1 aromatic heterocycles. The summed E-state index contributed by atoms with van der Waals surface area (Å²) in [4.78, 5) is 2.62. The molecule has 0 spiro atoms. The van der Waals surface area contributed by atoms with Gasteiger partial charge in [0.05, 0.1) is 5.01 Å². The minimum absolute atomic E-state index is 0.322. The molecule has 0 fully saturated rings. The molecule has 0 unspecified atom stereocenters. The standard InChI is InChI=1S/C5H3ClF3NS/c1-2-10-4(6)3(11-2)5(7,8)9/h1H3. The van der Waals surface area contributed by atoms with Crippen LogP contribution in [0.2, 0.25) is 5.15 Å². The number of aromatic nitrogens is 1. The van der Waals surface area contributed by atoms with E-state index in [2.05, 4.69) is 4.98 Å². The summed E-state index contributed by atoms with van der Waals surface area (Å²) in [6, 6.07) is 0. The second kappa shape index (κ2) is 2.64. The highest BCUT2D eigenvalue weighted by atomic mass is 35.5. The fourth-order valence-corrected chi connectivity index (χ4v) is 1.65. The predicted octanol–water partition coefficient (Wildman–Crippen LogP) is 3.12. The molecule has 0 aliphatic rings. The van der Waals surface area contributed by atoms with Gasteiger partial charge in [-0.25, -0.2) is 4.98 Å². The third-order valence-electron chi connectivity index (χ3n) is 0.950. The first kappa shape index (κ1) is 8.80. The second-order valence-electron chi connectivity index (χ2n) is 1.85. The molecule has 1 nitrogen and oxygen atoms in total. The van der Waals surface area contributed by atoms with E-state index >= 15 is 0 Å². The van der Waals surface area contributed by atoms with E-state index in [0.29, 0.717) is 16.3 Å². The first-order valence-corrected chi connectivity index (χ1v) is 3.81. The molecule has 0 amide bonds. The number of alkyl halides is 3. The number of rotatable bonds is 0. The Kier molecular flexibility index (Phi) is 2.11. The molecular weight excluding hydrogens is 199 g/mol. The maximum Gasteiger partial charge on any atom is 0.428 e. The van der Waals surface area contributed by atoms with Crippen LogP contribution >= 0.6 is 22.9 Å². The summed E-state index contributed by atoms with van der Waals surface area (Å²) >= 11 is 5.76. The van der Waals surface area contributed by atoms with Crippen LogP contribution in [-0.4, -0.2) is 4.98 Å². The Hall–Kier alpha value is -0.290. The van der Waals surface area contributed by atoms with Gasteiger partial charge in [0, 0.05) is 0 Å². The third-order valence-corrected chi connectivity index (χ3v) is 2.35. The maximum atomic E-state index is 11.9. The molecule has 6 heteroatoms. The summed E-state index contributed by atoms with van der Waals surface area (Å²) in [7, 11) is 0. The van der Waals surface area contributed by atoms with Crippen LogP contribution in [-0.2, 0) is 6.18 Å². The Bertz CT molecular complexity index is 267. The van der Waals surface area contributed by atoms with Crippen molar-refractivity contribution >= 4 is 22.9 Å². The highest BCUT2D eigenvalue weighted by molar-refractivity contribution is 7.12. The summed E-state index contributed by atoms with van der Waals surface area (Å²) < 4.78 is 35.8. The highest BCUT2D eigenvalue weighted by Gasteiger charge is 2.36. The van der Waals surface area contributed by atoms with Gasteiger partial charge in [0.1, 0.15) is 4.88 Å². The fourth-order valence-electron chi connectivity index (χ4n) is 0.576. The van der Waals surface area contributed by atoms with Crippen LogP contribution in [0.15, 0.2) is 0 Å². The molecule has 1 heterocycles. The van der Waals surface area contributed by atoms with Crippen LogP contribution in [0.5, 0.6) is 0 Å². The molecular formula is C5H3ClF3NS. The van der Waals surface area contributed by atoms with Crippen molar-refractivity contribution in [3.05, 3.63) is 15.0 Å². The summed E-state index contributed by atoms with van der Waals surface area (Å²) in [6.07, 6.45) is -4.37. The van der Waals surface area contributed by atoms with Crippen molar-refractivity contribution in [3.8, 4) is 0 Å². The van der Waals surface area contributed by atoms with Gasteiger partial charge in [0.25, 0.3) is 0 Å². The van der Waals surface area contributed by atoms with Gasteiger partial charge in [-0.1, -0.05) is 11.6 Å². The van der Waals surface area contributed by atoms with Crippen LogP contribution in [0.1, 0.15) is 9.88 Å². The normalized spacial score (nSPS) is 12.1. The minimum atomic E-state index is -4.37. The fraction of sp³-hybridized carbons (Fsp3) is 0.400. The number of hydrogen-bond donors (Lipinski definition) is 0. The first-order chi connectivity index (χ1) is 4.91. The molecule has 0 atom stereocenters. The number of halogens is 4. The molecule has 0 saturated carbocycles. The van der Waals surface area contributed by atoms with Crippen molar-refractivity contribution in [2.24, 2.45) is 0 Å². The topological polar surface area (TPSA) is 12.9 Å². The summed E-state index contributed by atoms with van der Waals surface area (Å²) in [5, 5.41) is -0.137. The molecule has 0 N–H and O–H groups in total. The van der Waals surface area contributed by atoms with Crippen LogP contribution in [0.3, 0.4) is 0 Å². The van der Waals surface area contributed by atoms with Gasteiger partial charge in [0.2, 0.25) is 0 Å². The second-order valence-corrected chi connectivity index (χ2v) is 3.41. The van der Waals surface area contributed by atoms with Crippen LogP contribution < -0.4 is 0 Å². The smallest absolute Gasteiger partial charge is 0.229 e. The monoisotopic (exact) mass is 201 g/mol. The number of aryl methyl sites for hydroxylation is 1. The number of nitrogens with zero attached hydrogens (tertiary/aromatic N) is 1. The van der Waals surface area contributed by atoms with Crippen LogP contribution in [0, 0.1) is 6.92 Å². The lowest BCUT2D eigenvalue weighted by Crippen LogP contribution is -2.01. The van der Waals surface area contributed by atoms with Crippen molar-refractivity contribution in [1.29, 1.82) is 0 Å². The number of thiazole rings is 1. The Balaban J connectivity index is 3.13. The average molecular weight is 202 g/mol. The van der Waals surface area contributed by atoms with E-state index in [1.54, 1.807) is 0 Å². The van der Waals surface area contributed by atoms with Crippen molar-refractivity contribution in [2.45, 2.75) is 13.1 Å². The Morgan fingerprint density at radius 3 is 2.18 bits per heavy atom. The lowest BCUT2D eigenvalue weighted by Gasteiger charge is -2.00. The highest BCUT2D eigenvalue weighted by Crippen LogP contribution is 2.38. The van der Waals surface area contributed by atoms with Gasteiger partial charge in [0.15, 0.2) is 5.15 Å². The quantitative estimate of drug-likeness (QED) is 0.629. The third kappa shape index (κ3) is 1.84. The van der Waals surface area contributed by atoms with Crippen LogP contribution in [0.4, 0.5) is 13.2 Å². The van der Waals surface area contributed by atoms with Gasteiger partial charge in [-0.3, -0.25) is 0 Å². The van der Waals surface area contributed by atoms with E-state index in [-0.39, 0.29) is 0 Å². The first-order valence-electron chi connectivity index (χ1n) is 2.61. The lowest BCUT2D eigenvalue weighted by atomic mass is 10.5. The zero-order chi connectivity index (χ0) is 8.65. The molecule has 0 aliphatic carbocycles. The molecule has 1 rings (SSSR count). The summed E-state index contributed by atoms with van der Waals surface area (Å²) in [6.45, 7) is 1.48. The Morgan fingerprint density at radius 2 is 2.00 bits per heavy atom. The van der Waals surface area contributed by atoms with Gasteiger partial charge in [-0.05, 0) is 6.92 Å². The van der Waals surface area contributed by atoms with Crippen molar-refractivity contribution in [3.63, 3.8) is 0 Å². The average Bonchev–Trinajstić information content (AvgIpc) is 2.08. The molecule has 0 saturated heterocycles. The summed E-state index contributed by atoms with van der Waals surface area (Å²) in [5.74, 6) is 0. The van der Waals surface area contributed by atoms with Crippen molar-refractivity contribution < 1.29 is 13.2 Å². The maximum absolute atomic E-state index is 11.9. The van der Waals surface area contributed by atoms with Gasteiger partial charge in [-0.2, -0.15) is 13.2 Å². The molecule has 0 aromatic carbocycles. The van der Waals surface area contributed by atoms with Gasteiger partial charge < -0.3 is 0 Å². The largest absolute Gasteiger partial charge is 0.428 e.